The van der Waals surface area contributed by atoms with Crippen LogP contribution in [0.1, 0.15) is 46.9 Å². The Bertz CT molecular complexity index is 1690. The number of aryl methyl sites for hydroxylation is 1. The van der Waals surface area contributed by atoms with Crippen LogP contribution >= 0.6 is 11.6 Å². The Hall–Kier alpha value is -3.93. The highest BCUT2D eigenvalue weighted by molar-refractivity contribution is 7.92. The fraction of sp³-hybridized carbons (Fsp3) is 0.444. The van der Waals surface area contributed by atoms with Crippen molar-refractivity contribution in [2.45, 2.75) is 38.3 Å². The number of benzene rings is 1. The smallest absolute Gasteiger partial charge is 0.320 e. The van der Waals surface area contributed by atoms with Crippen molar-refractivity contribution in [3.05, 3.63) is 52.3 Å². The number of hydrogen-bond donors (Lipinski definition) is 2. The number of esters is 1. The van der Waals surface area contributed by atoms with Crippen molar-refractivity contribution in [1.29, 1.82) is 5.26 Å². The van der Waals surface area contributed by atoms with E-state index < -0.39 is 28.0 Å². The molecule has 0 radical (unpaired) electrons. The zero-order valence-corrected chi connectivity index (χ0v) is 24.7. The quantitative estimate of drug-likeness (QED) is 0.375. The van der Waals surface area contributed by atoms with Gasteiger partial charge in [0.2, 0.25) is 10.0 Å². The molecule has 2 saturated heterocycles. The highest BCUT2D eigenvalue weighted by Gasteiger charge is 2.37. The molecule has 2 fully saturated rings. The first-order valence-corrected chi connectivity index (χ1v) is 15.7. The number of rotatable bonds is 7. The number of halogens is 1. The van der Waals surface area contributed by atoms with Crippen LogP contribution in [0, 0.1) is 24.2 Å². The Balaban J connectivity index is 1.44. The molecule has 1 aromatic carbocycles. The van der Waals surface area contributed by atoms with Crippen molar-refractivity contribution in [3.8, 4) is 6.07 Å². The van der Waals surface area contributed by atoms with Gasteiger partial charge in [0.1, 0.15) is 17.8 Å². The predicted octanol–water partition coefficient (Wildman–Crippen LogP) is 2.26. The number of anilines is 2. The SMILES string of the molecule is Cc1cn2nc([C@@H]3CCCCN3C(=O)c3cc(Cl)ccc3NS(C)(=O)=O)cc2nc1N1C[C@@H](C#N)[C@@H](OC(=O)CN)C1. The molecule has 2 aliphatic rings. The third-order valence-electron chi connectivity index (χ3n) is 7.42. The molecule has 2 aromatic heterocycles. The van der Waals surface area contributed by atoms with Gasteiger partial charge in [-0.3, -0.25) is 14.3 Å². The van der Waals surface area contributed by atoms with Crippen molar-refractivity contribution in [2.24, 2.45) is 11.7 Å². The van der Waals surface area contributed by atoms with E-state index in [1.54, 1.807) is 9.42 Å². The lowest BCUT2D eigenvalue weighted by Crippen LogP contribution is -2.39. The second-order valence-electron chi connectivity index (χ2n) is 10.6. The molecule has 0 unspecified atom stereocenters. The van der Waals surface area contributed by atoms with Gasteiger partial charge in [0, 0.05) is 35.9 Å². The number of nitrogens with two attached hydrogens (primary N) is 1. The van der Waals surface area contributed by atoms with Crippen LogP contribution in [0.25, 0.3) is 5.65 Å². The molecule has 0 bridgehead atoms. The Labute approximate surface area is 248 Å². The van der Waals surface area contributed by atoms with E-state index in [1.165, 1.54) is 18.2 Å². The van der Waals surface area contributed by atoms with Crippen LogP contribution in [-0.2, 0) is 19.6 Å². The summed E-state index contributed by atoms with van der Waals surface area (Å²) in [7, 11) is -3.63. The van der Waals surface area contributed by atoms with Crippen molar-refractivity contribution >= 4 is 50.7 Å². The number of carbonyl (C=O) groups excluding carboxylic acids is 2. The summed E-state index contributed by atoms with van der Waals surface area (Å²) >= 11 is 6.20. The van der Waals surface area contributed by atoms with E-state index in [9.17, 15) is 23.3 Å². The van der Waals surface area contributed by atoms with Crippen molar-refractivity contribution in [1.82, 2.24) is 19.5 Å². The number of piperidine rings is 1. The van der Waals surface area contributed by atoms with E-state index in [4.69, 9.17) is 32.2 Å². The number of aromatic nitrogens is 3. The summed E-state index contributed by atoms with van der Waals surface area (Å²) in [6.07, 6.45) is 4.59. The zero-order chi connectivity index (χ0) is 30.2. The van der Waals surface area contributed by atoms with Crippen molar-refractivity contribution in [3.63, 3.8) is 0 Å². The van der Waals surface area contributed by atoms with Gasteiger partial charge in [0.05, 0.1) is 48.4 Å². The monoisotopic (exact) mass is 614 g/mol. The van der Waals surface area contributed by atoms with Crippen LogP contribution in [-0.4, -0.2) is 78.3 Å². The van der Waals surface area contributed by atoms with Crippen LogP contribution in [0.2, 0.25) is 5.02 Å². The summed E-state index contributed by atoms with van der Waals surface area (Å²) < 4.78 is 33.4. The van der Waals surface area contributed by atoms with Crippen molar-refractivity contribution in [2.75, 3.05) is 42.1 Å². The Morgan fingerprint density at radius 2 is 2.05 bits per heavy atom. The molecule has 42 heavy (non-hydrogen) atoms. The molecular formula is C27H31ClN8O5S. The van der Waals surface area contributed by atoms with Crippen LogP contribution in [0.4, 0.5) is 11.5 Å². The van der Waals surface area contributed by atoms with Crippen LogP contribution < -0.4 is 15.4 Å². The molecule has 15 heteroatoms. The Morgan fingerprint density at radius 3 is 2.76 bits per heavy atom. The maximum absolute atomic E-state index is 13.8. The summed E-state index contributed by atoms with van der Waals surface area (Å²) in [5.41, 5.74) is 7.72. The molecule has 1 amide bonds. The van der Waals surface area contributed by atoms with E-state index >= 15 is 0 Å². The first-order valence-electron chi connectivity index (χ1n) is 13.5. The van der Waals surface area contributed by atoms with E-state index in [-0.39, 0.29) is 29.7 Å². The second-order valence-corrected chi connectivity index (χ2v) is 12.8. The summed E-state index contributed by atoms with van der Waals surface area (Å²) in [5, 5.41) is 14.7. The highest BCUT2D eigenvalue weighted by Crippen LogP contribution is 2.35. The summed E-state index contributed by atoms with van der Waals surface area (Å²) in [6.45, 7) is 2.74. The number of nitriles is 1. The third-order valence-corrected chi connectivity index (χ3v) is 8.24. The molecule has 3 aromatic rings. The number of sulfonamides is 1. The predicted molar refractivity (Wildman–Crippen MR) is 156 cm³/mol. The van der Waals surface area contributed by atoms with Gasteiger partial charge in [-0.1, -0.05) is 11.6 Å². The lowest BCUT2D eigenvalue weighted by molar-refractivity contribution is -0.147. The number of amides is 1. The van der Waals surface area contributed by atoms with Crippen LogP contribution in [0.5, 0.6) is 0 Å². The number of nitrogens with one attached hydrogen (secondary N) is 1. The maximum atomic E-state index is 13.8. The number of hydrogen-bond acceptors (Lipinski definition) is 10. The number of ether oxygens (including phenoxy) is 1. The molecule has 3 atom stereocenters. The van der Waals surface area contributed by atoms with Gasteiger partial charge in [-0.25, -0.2) is 17.9 Å². The van der Waals surface area contributed by atoms with E-state index in [0.29, 0.717) is 48.2 Å². The molecule has 5 rings (SSSR count). The molecule has 0 saturated carbocycles. The van der Waals surface area contributed by atoms with Gasteiger partial charge in [0.25, 0.3) is 5.91 Å². The topological polar surface area (TPSA) is 176 Å². The highest BCUT2D eigenvalue weighted by atomic mass is 35.5. The van der Waals surface area contributed by atoms with Gasteiger partial charge in [0.15, 0.2) is 5.65 Å². The van der Waals surface area contributed by atoms with Crippen LogP contribution in [0.15, 0.2) is 30.5 Å². The van der Waals surface area contributed by atoms with Gasteiger partial charge >= 0.3 is 5.97 Å². The molecular weight excluding hydrogens is 584 g/mol. The molecule has 2 aliphatic heterocycles. The number of fused-ring (bicyclic) bond motifs is 1. The Kier molecular flexibility index (Phi) is 8.27. The fourth-order valence-corrected chi connectivity index (χ4v) is 6.28. The van der Waals surface area contributed by atoms with Crippen LogP contribution in [0.3, 0.4) is 0 Å². The minimum absolute atomic E-state index is 0.157. The summed E-state index contributed by atoms with van der Waals surface area (Å²) in [4.78, 5) is 34.0. The number of nitrogens with zero attached hydrogens (tertiary/aromatic N) is 6. The molecule has 222 valence electrons. The molecule has 13 nitrogen and oxygen atoms in total. The Morgan fingerprint density at radius 1 is 1.26 bits per heavy atom. The van der Waals surface area contributed by atoms with Gasteiger partial charge < -0.3 is 20.3 Å². The average Bonchev–Trinajstić information content (AvgIpc) is 3.55. The summed E-state index contributed by atoms with van der Waals surface area (Å²) in [5.74, 6) is -0.791. The first kappa shape index (κ1) is 29.6. The molecule has 4 heterocycles. The largest absolute Gasteiger partial charge is 0.458 e. The van der Waals surface area contributed by atoms with Gasteiger partial charge in [-0.05, 0) is 44.4 Å². The zero-order valence-electron chi connectivity index (χ0n) is 23.2. The minimum atomic E-state index is -3.63. The lowest BCUT2D eigenvalue weighted by Gasteiger charge is -2.35. The normalized spacial score (nSPS) is 20.9. The van der Waals surface area contributed by atoms with Gasteiger partial charge in [-0.2, -0.15) is 10.4 Å². The van der Waals surface area contributed by atoms with Crippen molar-refractivity contribution < 1.29 is 22.7 Å². The number of carbonyl (C=O) groups is 2. The molecule has 0 aliphatic carbocycles. The maximum Gasteiger partial charge on any atom is 0.320 e. The standard InChI is InChI=1S/C27H31ClN8O5S/c1-16-13-36-24(31-26(16)34-14-17(11-29)23(15-34)41-25(37)12-30)10-21(32-36)22-5-3-4-8-35(22)27(38)19-9-18(28)6-7-20(19)33-42(2,39)40/h6-7,9-10,13,17,22-23,33H,3-5,8,12,14-15,30H2,1-2H3/t17-,22+,23+/m1/s1. The molecule has 0 spiro atoms. The van der Waals surface area contributed by atoms with E-state index in [2.05, 4.69) is 10.8 Å². The van der Waals surface area contributed by atoms with E-state index in [0.717, 1.165) is 24.7 Å². The average molecular weight is 615 g/mol. The third kappa shape index (κ3) is 6.13. The number of likely N-dealkylation sites (tertiary alicyclic amines) is 1. The summed E-state index contributed by atoms with van der Waals surface area (Å²) in [6, 6.07) is 8.14. The van der Waals surface area contributed by atoms with E-state index in [1.807, 2.05) is 24.1 Å². The fourth-order valence-electron chi connectivity index (χ4n) is 5.53. The first-order chi connectivity index (χ1) is 20.0. The molecule has 3 N–H and O–H groups in total. The van der Waals surface area contributed by atoms with Gasteiger partial charge in [-0.15, -0.1) is 0 Å². The lowest BCUT2D eigenvalue weighted by atomic mass is 9.98. The second kappa shape index (κ2) is 11.7. The minimum Gasteiger partial charge on any atom is -0.458 e.